The molecule has 0 unspecified atom stereocenters. The summed E-state index contributed by atoms with van der Waals surface area (Å²) in [7, 11) is 8.78. The Kier molecular flexibility index (Phi) is 4.58. The molecular weight excluding hydrogens is 284 g/mol. The Morgan fingerprint density at radius 1 is 1.14 bits per heavy atom. The molecule has 0 aromatic carbocycles. The second-order valence-electron chi connectivity index (χ2n) is 5.96. The van der Waals surface area contributed by atoms with Crippen LogP contribution in [0, 0.1) is 0 Å². The lowest BCUT2D eigenvalue weighted by atomic mass is 10.1. The van der Waals surface area contributed by atoms with Gasteiger partial charge in [0.05, 0.1) is 12.2 Å². The Morgan fingerprint density at radius 2 is 1.77 bits per heavy atom. The van der Waals surface area contributed by atoms with Crippen LogP contribution in [0.4, 0.5) is 9.59 Å². The van der Waals surface area contributed by atoms with Gasteiger partial charge in [-0.3, -0.25) is 4.68 Å². The van der Waals surface area contributed by atoms with Crippen LogP contribution in [0.3, 0.4) is 0 Å². The van der Waals surface area contributed by atoms with Crippen molar-refractivity contribution in [2.45, 2.75) is 6.04 Å². The smallest absolute Gasteiger partial charge is 0.320 e. The van der Waals surface area contributed by atoms with E-state index in [0.717, 1.165) is 5.56 Å². The van der Waals surface area contributed by atoms with E-state index in [1.165, 1.54) is 0 Å². The van der Waals surface area contributed by atoms with E-state index in [0.29, 0.717) is 19.6 Å². The van der Waals surface area contributed by atoms with E-state index >= 15 is 0 Å². The number of carbonyl (C=O) groups is 2. The summed E-state index contributed by atoms with van der Waals surface area (Å²) < 4.78 is 1.71. The van der Waals surface area contributed by atoms with E-state index < -0.39 is 0 Å². The maximum Gasteiger partial charge on any atom is 0.320 e. The molecule has 2 heterocycles. The topological polar surface area (TPSA) is 64.9 Å². The highest BCUT2D eigenvalue weighted by Gasteiger charge is 2.35. The second kappa shape index (κ2) is 6.25. The second-order valence-corrected chi connectivity index (χ2v) is 5.96. The Labute approximate surface area is 130 Å². The largest absolute Gasteiger partial charge is 0.331 e. The minimum atomic E-state index is -0.179. The van der Waals surface area contributed by atoms with Gasteiger partial charge in [-0.05, 0) is 0 Å². The lowest BCUT2D eigenvalue weighted by Gasteiger charge is -2.42. The molecule has 1 aromatic heterocycles. The zero-order valence-electron chi connectivity index (χ0n) is 13.9. The van der Waals surface area contributed by atoms with Crippen LogP contribution < -0.4 is 0 Å². The molecule has 8 nitrogen and oxygen atoms in total. The first-order chi connectivity index (χ1) is 10.3. The predicted octanol–water partition coefficient (Wildman–Crippen LogP) is 0.442. The van der Waals surface area contributed by atoms with Crippen LogP contribution in [-0.2, 0) is 7.05 Å². The highest BCUT2D eigenvalue weighted by atomic mass is 16.2. The quantitative estimate of drug-likeness (QED) is 0.756. The van der Waals surface area contributed by atoms with Gasteiger partial charge in [0, 0.05) is 66.6 Å². The average molecular weight is 308 g/mol. The Morgan fingerprint density at radius 3 is 2.27 bits per heavy atom. The van der Waals surface area contributed by atoms with Gasteiger partial charge in [0.25, 0.3) is 0 Å². The Bertz CT molecular complexity index is 553. The van der Waals surface area contributed by atoms with Crippen molar-refractivity contribution in [3.63, 3.8) is 0 Å². The minimum absolute atomic E-state index is 0.0363. The first-order valence-electron chi connectivity index (χ1n) is 7.24. The molecule has 0 N–H and O–H groups in total. The summed E-state index contributed by atoms with van der Waals surface area (Å²) in [4.78, 5) is 31.3. The van der Waals surface area contributed by atoms with Crippen molar-refractivity contribution in [2.24, 2.45) is 7.05 Å². The summed E-state index contributed by atoms with van der Waals surface area (Å²) >= 11 is 0. The predicted molar refractivity (Wildman–Crippen MR) is 82.4 cm³/mol. The molecule has 1 aromatic rings. The molecule has 8 heteroatoms. The zero-order chi connectivity index (χ0) is 16.4. The third kappa shape index (κ3) is 3.15. The third-order valence-corrected chi connectivity index (χ3v) is 3.77. The monoisotopic (exact) mass is 308 g/mol. The first kappa shape index (κ1) is 16.1. The van der Waals surface area contributed by atoms with Gasteiger partial charge in [-0.15, -0.1) is 0 Å². The van der Waals surface area contributed by atoms with E-state index in [1.807, 2.05) is 13.2 Å². The van der Waals surface area contributed by atoms with E-state index in [-0.39, 0.29) is 18.1 Å². The molecule has 1 atom stereocenters. The lowest BCUT2D eigenvalue weighted by Crippen LogP contribution is -2.56. The van der Waals surface area contributed by atoms with Gasteiger partial charge < -0.3 is 19.6 Å². The summed E-state index contributed by atoms with van der Waals surface area (Å²) in [6.45, 7) is 1.52. The number of hydrogen-bond donors (Lipinski definition) is 0. The van der Waals surface area contributed by atoms with Crippen molar-refractivity contribution in [3.8, 4) is 0 Å². The van der Waals surface area contributed by atoms with E-state index in [1.54, 1.807) is 58.7 Å². The molecule has 1 aliphatic rings. The van der Waals surface area contributed by atoms with Crippen LogP contribution >= 0.6 is 0 Å². The van der Waals surface area contributed by atoms with Gasteiger partial charge in [-0.2, -0.15) is 5.10 Å². The van der Waals surface area contributed by atoms with Crippen LogP contribution in [0.1, 0.15) is 11.6 Å². The summed E-state index contributed by atoms with van der Waals surface area (Å²) in [6, 6.07) is -0.266. The summed E-state index contributed by atoms with van der Waals surface area (Å²) in [6.07, 6.45) is 3.65. The molecule has 0 radical (unpaired) electrons. The molecular formula is C14H24N6O2. The summed E-state index contributed by atoms with van der Waals surface area (Å²) in [5, 5.41) is 4.19. The number of urea groups is 2. The summed E-state index contributed by atoms with van der Waals surface area (Å²) in [5.74, 6) is 0. The standard InChI is InChI=1S/C14H24N6O2/c1-16(2)13(21)19-6-7-20(14(22)17(3)4)12(10-19)11-8-15-18(5)9-11/h8-9,12H,6-7,10H2,1-5H3/t12-/m0/s1. The van der Waals surface area contributed by atoms with E-state index in [4.69, 9.17) is 0 Å². The molecule has 0 aliphatic carbocycles. The molecule has 0 bridgehead atoms. The van der Waals surface area contributed by atoms with Crippen LogP contribution in [0.15, 0.2) is 12.4 Å². The van der Waals surface area contributed by atoms with Crippen LogP contribution in [0.25, 0.3) is 0 Å². The molecule has 0 saturated carbocycles. The fourth-order valence-corrected chi connectivity index (χ4v) is 2.62. The third-order valence-electron chi connectivity index (χ3n) is 3.77. The maximum atomic E-state index is 12.4. The minimum Gasteiger partial charge on any atom is -0.331 e. The number of carbonyl (C=O) groups excluding carboxylic acids is 2. The molecule has 4 amide bonds. The number of hydrogen-bond acceptors (Lipinski definition) is 3. The number of nitrogens with zero attached hydrogens (tertiary/aromatic N) is 6. The van der Waals surface area contributed by atoms with Gasteiger partial charge >= 0.3 is 12.1 Å². The molecule has 1 saturated heterocycles. The molecule has 122 valence electrons. The fourth-order valence-electron chi connectivity index (χ4n) is 2.62. The zero-order valence-corrected chi connectivity index (χ0v) is 13.9. The number of piperazine rings is 1. The van der Waals surface area contributed by atoms with Crippen LogP contribution in [0.5, 0.6) is 0 Å². The molecule has 1 aliphatic heterocycles. The van der Waals surface area contributed by atoms with Crippen LogP contribution in [0.2, 0.25) is 0 Å². The molecule has 22 heavy (non-hydrogen) atoms. The van der Waals surface area contributed by atoms with Crippen molar-refractivity contribution >= 4 is 12.1 Å². The van der Waals surface area contributed by atoms with Gasteiger partial charge in [-0.1, -0.05) is 0 Å². The van der Waals surface area contributed by atoms with E-state index in [2.05, 4.69) is 5.10 Å². The molecule has 2 rings (SSSR count). The Hall–Kier alpha value is -2.25. The average Bonchev–Trinajstić information content (AvgIpc) is 2.91. The van der Waals surface area contributed by atoms with E-state index in [9.17, 15) is 9.59 Å². The van der Waals surface area contributed by atoms with Gasteiger partial charge in [-0.25, -0.2) is 9.59 Å². The maximum absolute atomic E-state index is 12.4. The number of aromatic nitrogens is 2. The SMILES string of the molecule is CN(C)C(=O)N1CCN(C(=O)N(C)C)[C@H](c2cnn(C)c2)C1. The van der Waals surface area contributed by atoms with Crippen molar-refractivity contribution in [3.05, 3.63) is 18.0 Å². The van der Waals surface area contributed by atoms with Crippen molar-refractivity contribution in [2.75, 3.05) is 47.8 Å². The van der Waals surface area contributed by atoms with Crippen molar-refractivity contribution in [1.29, 1.82) is 0 Å². The highest BCUT2D eigenvalue weighted by molar-refractivity contribution is 5.76. The first-order valence-corrected chi connectivity index (χ1v) is 7.24. The summed E-state index contributed by atoms with van der Waals surface area (Å²) in [5.41, 5.74) is 0.939. The number of amides is 4. The Balaban J connectivity index is 2.26. The normalized spacial score (nSPS) is 18.3. The van der Waals surface area contributed by atoms with Gasteiger partial charge in [0.15, 0.2) is 0 Å². The fraction of sp³-hybridized carbons (Fsp3) is 0.643. The van der Waals surface area contributed by atoms with Gasteiger partial charge in [0.2, 0.25) is 0 Å². The number of rotatable bonds is 1. The molecule has 0 spiro atoms. The van der Waals surface area contributed by atoms with Gasteiger partial charge in [0.1, 0.15) is 0 Å². The lowest BCUT2D eigenvalue weighted by molar-refractivity contribution is 0.0847. The van der Waals surface area contributed by atoms with Crippen LogP contribution in [-0.4, -0.2) is 89.3 Å². The van der Waals surface area contributed by atoms with Crippen molar-refractivity contribution < 1.29 is 9.59 Å². The molecule has 1 fully saturated rings. The number of aryl methyl sites for hydroxylation is 1. The van der Waals surface area contributed by atoms with Crippen molar-refractivity contribution in [1.82, 2.24) is 29.4 Å². The highest BCUT2D eigenvalue weighted by Crippen LogP contribution is 2.26.